The summed E-state index contributed by atoms with van der Waals surface area (Å²) in [6.07, 6.45) is 5.19. The van der Waals surface area contributed by atoms with E-state index in [1.807, 2.05) is 11.9 Å². The van der Waals surface area contributed by atoms with Crippen LogP contribution in [-0.4, -0.2) is 56.9 Å². The van der Waals surface area contributed by atoms with E-state index < -0.39 is 0 Å². The molecule has 0 saturated carbocycles. The standard InChI is InChI=1S/C17H25N7O/c1-4-13-14(5-2)21-22(3)15(13)20-17(25)24-11-9-23(10-12-24)16-18-7-6-8-19-16/h6-8H,4-5,9-12H2,1-3H3,(H,20,25). The van der Waals surface area contributed by atoms with Crippen molar-refractivity contribution in [3.8, 4) is 0 Å². The molecule has 1 aliphatic rings. The Labute approximate surface area is 147 Å². The summed E-state index contributed by atoms with van der Waals surface area (Å²) in [5, 5.41) is 7.55. The Balaban J connectivity index is 1.63. The molecule has 3 rings (SSSR count). The van der Waals surface area contributed by atoms with Crippen LogP contribution in [0, 0.1) is 0 Å². The number of aromatic nitrogens is 4. The van der Waals surface area contributed by atoms with Crippen LogP contribution in [0.4, 0.5) is 16.6 Å². The summed E-state index contributed by atoms with van der Waals surface area (Å²) in [4.78, 5) is 25.1. The van der Waals surface area contributed by atoms with E-state index in [1.165, 1.54) is 0 Å². The first-order valence-corrected chi connectivity index (χ1v) is 8.76. The van der Waals surface area contributed by atoms with Crippen molar-refractivity contribution in [3.05, 3.63) is 29.7 Å². The molecule has 134 valence electrons. The lowest BCUT2D eigenvalue weighted by Crippen LogP contribution is -2.50. The molecule has 0 aromatic carbocycles. The molecule has 0 spiro atoms. The molecule has 0 bridgehead atoms. The largest absolute Gasteiger partial charge is 0.337 e. The Morgan fingerprint density at radius 1 is 1.12 bits per heavy atom. The van der Waals surface area contributed by atoms with Crippen molar-refractivity contribution in [2.75, 3.05) is 36.4 Å². The van der Waals surface area contributed by atoms with E-state index in [0.717, 1.165) is 49.0 Å². The van der Waals surface area contributed by atoms with Gasteiger partial charge in [0.2, 0.25) is 5.95 Å². The van der Waals surface area contributed by atoms with Gasteiger partial charge < -0.3 is 9.80 Å². The number of carbonyl (C=O) groups excluding carboxylic acids is 1. The number of anilines is 2. The molecule has 2 aromatic rings. The van der Waals surface area contributed by atoms with Crippen molar-refractivity contribution < 1.29 is 4.79 Å². The summed E-state index contributed by atoms with van der Waals surface area (Å²) < 4.78 is 1.77. The predicted octanol–water partition coefficient (Wildman–Crippen LogP) is 1.69. The van der Waals surface area contributed by atoms with Crippen LogP contribution in [0.5, 0.6) is 0 Å². The average Bonchev–Trinajstić information content (AvgIpc) is 2.97. The van der Waals surface area contributed by atoms with Gasteiger partial charge in [0.1, 0.15) is 5.82 Å². The van der Waals surface area contributed by atoms with Crippen LogP contribution in [0.3, 0.4) is 0 Å². The number of nitrogens with one attached hydrogen (secondary N) is 1. The van der Waals surface area contributed by atoms with Crippen LogP contribution in [0.2, 0.25) is 0 Å². The van der Waals surface area contributed by atoms with Gasteiger partial charge in [-0.25, -0.2) is 14.8 Å². The number of hydrogen-bond donors (Lipinski definition) is 1. The maximum Gasteiger partial charge on any atom is 0.323 e. The van der Waals surface area contributed by atoms with E-state index in [9.17, 15) is 4.79 Å². The van der Waals surface area contributed by atoms with E-state index in [4.69, 9.17) is 0 Å². The van der Waals surface area contributed by atoms with Gasteiger partial charge in [0, 0.05) is 51.2 Å². The van der Waals surface area contributed by atoms with Crippen molar-refractivity contribution >= 4 is 17.8 Å². The lowest BCUT2D eigenvalue weighted by molar-refractivity contribution is 0.207. The second kappa shape index (κ2) is 7.50. The molecule has 1 fully saturated rings. The molecule has 0 unspecified atom stereocenters. The summed E-state index contributed by atoms with van der Waals surface area (Å²) in [6, 6.07) is 1.73. The average molecular weight is 343 g/mol. The highest BCUT2D eigenvalue weighted by molar-refractivity contribution is 5.89. The van der Waals surface area contributed by atoms with Crippen LogP contribution >= 0.6 is 0 Å². The number of nitrogens with zero attached hydrogens (tertiary/aromatic N) is 6. The van der Waals surface area contributed by atoms with Crippen molar-refractivity contribution in [2.24, 2.45) is 7.05 Å². The highest BCUT2D eigenvalue weighted by Gasteiger charge is 2.24. The van der Waals surface area contributed by atoms with E-state index >= 15 is 0 Å². The molecule has 1 aliphatic heterocycles. The number of carbonyl (C=O) groups is 1. The van der Waals surface area contributed by atoms with Gasteiger partial charge in [0.25, 0.3) is 0 Å². The Hall–Kier alpha value is -2.64. The van der Waals surface area contributed by atoms with Gasteiger partial charge in [0.15, 0.2) is 0 Å². The molecule has 2 aromatic heterocycles. The Morgan fingerprint density at radius 2 is 1.80 bits per heavy atom. The summed E-state index contributed by atoms with van der Waals surface area (Å²) in [5.74, 6) is 1.52. The molecule has 2 amide bonds. The maximum absolute atomic E-state index is 12.7. The van der Waals surface area contributed by atoms with Gasteiger partial charge in [-0.15, -0.1) is 0 Å². The van der Waals surface area contributed by atoms with Crippen LogP contribution in [0.1, 0.15) is 25.1 Å². The molecule has 0 radical (unpaired) electrons. The first-order valence-electron chi connectivity index (χ1n) is 8.76. The molecule has 0 atom stereocenters. The smallest absolute Gasteiger partial charge is 0.323 e. The van der Waals surface area contributed by atoms with E-state index in [1.54, 1.807) is 23.1 Å². The number of rotatable bonds is 4. The fourth-order valence-electron chi connectivity index (χ4n) is 3.18. The van der Waals surface area contributed by atoms with Gasteiger partial charge in [-0.2, -0.15) is 5.10 Å². The van der Waals surface area contributed by atoms with Crippen LogP contribution in [0.15, 0.2) is 18.5 Å². The number of urea groups is 1. The molecule has 8 nitrogen and oxygen atoms in total. The quantitative estimate of drug-likeness (QED) is 0.914. The Bertz CT molecular complexity index is 720. The minimum absolute atomic E-state index is 0.0750. The van der Waals surface area contributed by atoms with Gasteiger partial charge in [-0.05, 0) is 18.9 Å². The van der Waals surface area contributed by atoms with Gasteiger partial charge in [-0.3, -0.25) is 10.00 Å². The molecular formula is C17H25N7O. The molecule has 0 aliphatic carbocycles. The number of piperazine rings is 1. The zero-order valence-corrected chi connectivity index (χ0v) is 15.1. The second-order valence-electron chi connectivity index (χ2n) is 6.06. The zero-order chi connectivity index (χ0) is 17.8. The topological polar surface area (TPSA) is 79.2 Å². The summed E-state index contributed by atoms with van der Waals surface area (Å²) in [5.41, 5.74) is 2.17. The van der Waals surface area contributed by atoms with Crippen molar-refractivity contribution in [2.45, 2.75) is 26.7 Å². The first kappa shape index (κ1) is 17.2. The lowest BCUT2D eigenvalue weighted by Gasteiger charge is -2.34. The van der Waals surface area contributed by atoms with Crippen LogP contribution in [-0.2, 0) is 19.9 Å². The molecule has 8 heteroatoms. The summed E-state index contributed by atoms with van der Waals surface area (Å²) in [7, 11) is 1.87. The first-order chi connectivity index (χ1) is 12.1. The monoisotopic (exact) mass is 343 g/mol. The van der Waals surface area contributed by atoms with Gasteiger partial charge >= 0.3 is 6.03 Å². The summed E-state index contributed by atoms with van der Waals surface area (Å²) in [6.45, 7) is 6.91. The maximum atomic E-state index is 12.7. The van der Waals surface area contributed by atoms with Crippen molar-refractivity contribution in [1.29, 1.82) is 0 Å². The molecule has 25 heavy (non-hydrogen) atoms. The third kappa shape index (κ3) is 3.57. The molecular weight excluding hydrogens is 318 g/mol. The van der Waals surface area contributed by atoms with Gasteiger partial charge in [0.05, 0.1) is 5.69 Å². The highest BCUT2D eigenvalue weighted by Crippen LogP contribution is 2.21. The second-order valence-corrected chi connectivity index (χ2v) is 6.06. The Kier molecular flexibility index (Phi) is 5.16. The van der Waals surface area contributed by atoms with E-state index in [2.05, 4.69) is 39.1 Å². The SMILES string of the molecule is CCc1nn(C)c(NC(=O)N2CCN(c3ncccn3)CC2)c1CC. The van der Waals surface area contributed by atoms with E-state index in [-0.39, 0.29) is 6.03 Å². The van der Waals surface area contributed by atoms with Crippen LogP contribution in [0.25, 0.3) is 0 Å². The van der Waals surface area contributed by atoms with Gasteiger partial charge in [-0.1, -0.05) is 13.8 Å². The number of hydrogen-bond acceptors (Lipinski definition) is 5. The fourth-order valence-corrected chi connectivity index (χ4v) is 3.18. The molecule has 1 saturated heterocycles. The van der Waals surface area contributed by atoms with Crippen molar-refractivity contribution in [3.63, 3.8) is 0 Å². The van der Waals surface area contributed by atoms with E-state index in [0.29, 0.717) is 13.1 Å². The zero-order valence-electron chi connectivity index (χ0n) is 15.1. The normalized spacial score (nSPS) is 14.7. The lowest BCUT2D eigenvalue weighted by atomic mass is 10.1. The highest BCUT2D eigenvalue weighted by atomic mass is 16.2. The summed E-state index contributed by atoms with van der Waals surface area (Å²) >= 11 is 0. The fraction of sp³-hybridized carbons (Fsp3) is 0.529. The number of amides is 2. The minimum Gasteiger partial charge on any atom is -0.337 e. The predicted molar refractivity (Wildman–Crippen MR) is 96.8 cm³/mol. The number of aryl methyl sites for hydroxylation is 2. The Morgan fingerprint density at radius 3 is 2.40 bits per heavy atom. The van der Waals surface area contributed by atoms with Crippen LogP contribution < -0.4 is 10.2 Å². The molecule has 1 N–H and O–H groups in total. The third-order valence-corrected chi connectivity index (χ3v) is 4.54. The molecule has 3 heterocycles. The minimum atomic E-state index is -0.0750. The third-order valence-electron chi connectivity index (χ3n) is 4.54. The van der Waals surface area contributed by atoms with Crippen molar-refractivity contribution in [1.82, 2.24) is 24.6 Å².